The molecule has 2 N–H and O–H groups in total. The van der Waals surface area contributed by atoms with Gasteiger partial charge in [0.1, 0.15) is 12.1 Å². The number of thiophene rings is 1. The number of nitrogens with zero attached hydrogens (tertiary/aromatic N) is 5. The number of thiazole rings is 1. The number of rotatable bonds is 3. The van der Waals surface area contributed by atoms with E-state index in [2.05, 4.69) is 36.2 Å². The number of nitrogen functional groups attached to an aromatic ring is 1. The molecule has 4 rings (SSSR count). The molecule has 0 aliphatic carbocycles. The maximum Gasteiger partial charge on any atom is 0.180 e. The monoisotopic (exact) mass is 332 g/mol. The second-order valence-electron chi connectivity index (χ2n) is 5.26. The van der Waals surface area contributed by atoms with Gasteiger partial charge < -0.3 is 10.6 Å². The molecule has 3 aromatic heterocycles. The fourth-order valence-corrected chi connectivity index (χ4v) is 4.32. The average Bonchev–Trinajstić information content (AvgIpc) is 3.16. The van der Waals surface area contributed by atoms with Gasteiger partial charge in [-0.15, -0.1) is 22.7 Å². The second kappa shape index (κ2) is 5.79. The molecule has 0 amide bonds. The van der Waals surface area contributed by atoms with Gasteiger partial charge in [0.25, 0.3) is 0 Å². The lowest BCUT2D eigenvalue weighted by molar-refractivity contribution is 0.251. The lowest BCUT2D eigenvalue weighted by atomic mass is 10.3. The van der Waals surface area contributed by atoms with Gasteiger partial charge in [-0.3, -0.25) is 4.90 Å². The molecular weight excluding hydrogens is 316 g/mol. The quantitative estimate of drug-likeness (QED) is 0.791. The van der Waals surface area contributed by atoms with E-state index in [-0.39, 0.29) is 0 Å². The highest BCUT2D eigenvalue weighted by molar-refractivity contribution is 7.17. The Morgan fingerprint density at radius 1 is 1.14 bits per heavy atom. The van der Waals surface area contributed by atoms with Crippen LogP contribution in [0, 0.1) is 0 Å². The highest BCUT2D eigenvalue weighted by Crippen LogP contribution is 2.28. The molecule has 0 radical (unpaired) electrons. The lowest BCUT2D eigenvalue weighted by Crippen LogP contribution is -2.46. The number of aromatic nitrogens is 3. The largest absolute Gasteiger partial charge is 0.375 e. The van der Waals surface area contributed by atoms with Crippen molar-refractivity contribution >= 4 is 43.8 Å². The minimum absolute atomic E-state index is 0.648. The van der Waals surface area contributed by atoms with Crippen LogP contribution in [0.15, 0.2) is 24.0 Å². The highest BCUT2D eigenvalue weighted by atomic mass is 32.1. The molecule has 0 bridgehead atoms. The van der Waals surface area contributed by atoms with Gasteiger partial charge in [-0.25, -0.2) is 15.0 Å². The first-order valence-electron chi connectivity index (χ1n) is 7.15. The van der Waals surface area contributed by atoms with E-state index < -0.39 is 0 Å². The van der Waals surface area contributed by atoms with E-state index in [9.17, 15) is 0 Å². The van der Waals surface area contributed by atoms with Crippen LogP contribution >= 0.6 is 22.7 Å². The zero-order valence-electron chi connectivity index (χ0n) is 12.0. The second-order valence-corrected chi connectivity index (χ2v) is 7.32. The normalized spacial score (nSPS) is 16.5. The molecule has 0 atom stereocenters. The zero-order chi connectivity index (χ0) is 14.9. The van der Waals surface area contributed by atoms with E-state index >= 15 is 0 Å². The van der Waals surface area contributed by atoms with Crippen molar-refractivity contribution in [1.82, 2.24) is 19.9 Å². The van der Waals surface area contributed by atoms with E-state index in [1.807, 2.05) is 6.20 Å². The zero-order valence-corrected chi connectivity index (χ0v) is 13.6. The summed E-state index contributed by atoms with van der Waals surface area (Å²) >= 11 is 3.29. The topological polar surface area (TPSA) is 71.2 Å². The minimum Gasteiger partial charge on any atom is -0.375 e. The van der Waals surface area contributed by atoms with Crippen molar-refractivity contribution in [1.29, 1.82) is 0 Å². The molecule has 22 heavy (non-hydrogen) atoms. The summed E-state index contributed by atoms with van der Waals surface area (Å²) in [6, 6.07) is 2.05. The van der Waals surface area contributed by atoms with Crippen molar-refractivity contribution in [2.75, 3.05) is 36.8 Å². The van der Waals surface area contributed by atoms with Crippen molar-refractivity contribution in [2.24, 2.45) is 0 Å². The summed E-state index contributed by atoms with van der Waals surface area (Å²) in [7, 11) is 0. The maximum absolute atomic E-state index is 5.69. The molecule has 1 fully saturated rings. The maximum atomic E-state index is 5.69. The fraction of sp³-hybridized carbons (Fsp3) is 0.357. The molecule has 1 aliphatic heterocycles. The van der Waals surface area contributed by atoms with Gasteiger partial charge >= 0.3 is 0 Å². The van der Waals surface area contributed by atoms with Crippen LogP contribution in [0.25, 0.3) is 10.2 Å². The summed E-state index contributed by atoms with van der Waals surface area (Å²) in [5.41, 5.74) is 6.73. The van der Waals surface area contributed by atoms with Gasteiger partial charge in [0.15, 0.2) is 5.13 Å². The highest BCUT2D eigenvalue weighted by Gasteiger charge is 2.20. The third-order valence-electron chi connectivity index (χ3n) is 3.85. The summed E-state index contributed by atoms with van der Waals surface area (Å²) in [6.45, 7) is 4.95. The van der Waals surface area contributed by atoms with Crippen LogP contribution in [0.3, 0.4) is 0 Å². The van der Waals surface area contributed by atoms with Gasteiger partial charge in [-0.05, 0) is 11.4 Å². The SMILES string of the molecule is Nc1ncc(CN2CCN(c3ncnc4ccsc34)CC2)s1. The predicted molar refractivity (Wildman–Crippen MR) is 91.4 cm³/mol. The van der Waals surface area contributed by atoms with Crippen molar-refractivity contribution < 1.29 is 0 Å². The molecule has 1 aliphatic rings. The molecule has 1 saturated heterocycles. The Hall–Kier alpha value is -1.77. The van der Waals surface area contributed by atoms with Gasteiger partial charge in [-0.1, -0.05) is 0 Å². The summed E-state index contributed by atoms with van der Waals surface area (Å²) in [5, 5.41) is 2.72. The van der Waals surface area contributed by atoms with Gasteiger partial charge in [0.05, 0.1) is 10.2 Å². The first-order valence-corrected chi connectivity index (χ1v) is 8.85. The fourth-order valence-electron chi connectivity index (χ4n) is 2.74. The van der Waals surface area contributed by atoms with Crippen molar-refractivity contribution in [2.45, 2.75) is 6.54 Å². The van der Waals surface area contributed by atoms with Crippen LogP contribution in [-0.2, 0) is 6.54 Å². The first kappa shape index (κ1) is 13.9. The van der Waals surface area contributed by atoms with Gasteiger partial charge in [-0.2, -0.15) is 0 Å². The van der Waals surface area contributed by atoms with Crippen molar-refractivity contribution in [3.63, 3.8) is 0 Å². The van der Waals surface area contributed by atoms with E-state index in [1.54, 1.807) is 29.0 Å². The summed E-state index contributed by atoms with van der Waals surface area (Å²) in [5.74, 6) is 1.07. The smallest absolute Gasteiger partial charge is 0.180 e. The number of piperazine rings is 1. The van der Waals surface area contributed by atoms with E-state index in [0.717, 1.165) is 44.1 Å². The lowest BCUT2D eigenvalue weighted by Gasteiger charge is -2.35. The Morgan fingerprint density at radius 3 is 2.77 bits per heavy atom. The predicted octanol–water partition coefficient (Wildman–Crippen LogP) is 2.05. The number of nitrogens with two attached hydrogens (primary N) is 1. The van der Waals surface area contributed by atoms with Gasteiger partial charge in [0, 0.05) is 43.8 Å². The van der Waals surface area contributed by atoms with E-state index in [0.29, 0.717) is 5.13 Å². The average molecular weight is 332 g/mol. The minimum atomic E-state index is 0.648. The number of hydrogen-bond acceptors (Lipinski definition) is 8. The third kappa shape index (κ3) is 2.65. The Bertz CT molecular complexity index is 774. The van der Waals surface area contributed by atoms with Crippen molar-refractivity contribution in [3.05, 3.63) is 28.8 Å². The molecule has 4 heterocycles. The molecule has 114 valence electrons. The number of hydrogen-bond donors (Lipinski definition) is 1. The number of fused-ring (bicyclic) bond motifs is 1. The molecule has 0 saturated carbocycles. The molecule has 0 aromatic carbocycles. The summed E-state index contributed by atoms with van der Waals surface area (Å²) in [4.78, 5) is 19.0. The summed E-state index contributed by atoms with van der Waals surface area (Å²) in [6.07, 6.45) is 3.54. The Kier molecular flexibility index (Phi) is 3.65. The van der Waals surface area contributed by atoms with Crippen molar-refractivity contribution in [3.8, 4) is 0 Å². The van der Waals surface area contributed by atoms with Crippen LogP contribution in [0.1, 0.15) is 4.88 Å². The van der Waals surface area contributed by atoms with E-state index in [4.69, 9.17) is 5.73 Å². The van der Waals surface area contributed by atoms with Crippen LogP contribution in [0.4, 0.5) is 10.9 Å². The Balaban J connectivity index is 1.44. The van der Waals surface area contributed by atoms with Gasteiger partial charge in [0.2, 0.25) is 0 Å². The standard InChI is InChI=1S/C14H16N6S2/c15-14-16-7-10(22-14)8-19-2-4-20(5-3-19)13-12-11(1-6-21-12)17-9-18-13/h1,6-7,9H,2-5,8H2,(H2,15,16). The molecule has 3 aromatic rings. The third-order valence-corrected chi connectivity index (χ3v) is 5.56. The number of anilines is 2. The van der Waals surface area contributed by atoms with Crippen LogP contribution < -0.4 is 10.6 Å². The molecule has 8 heteroatoms. The molecule has 0 unspecified atom stereocenters. The molecule has 0 spiro atoms. The first-order chi connectivity index (χ1) is 10.8. The van der Waals surface area contributed by atoms with Crippen LogP contribution in [-0.4, -0.2) is 46.0 Å². The van der Waals surface area contributed by atoms with Crippen LogP contribution in [0.5, 0.6) is 0 Å². The summed E-state index contributed by atoms with van der Waals surface area (Å²) < 4.78 is 1.19. The van der Waals surface area contributed by atoms with Crippen LogP contribution in [0.2, 0.25) is 0 Å². The molecule has 6 nitrogen and oxygen atoms in total. The Morgan fingerprint density at radius 2 is 2.00 bits per heavy atom. The Labute approximate surface area is 136 Å². The van der Waals surface area contributed by atoms with E-state index in [1.165, 1.54) is 9.58 Å². The molecular formula is C14H16N6S2.